The van der Waals surface area contributed by atoms with Gasteiger partial charge >= 0.3 is 6.36 Å². The van der Waals surface area contributed by atoms with Crippen LogP contribution in [0.15, 0.2) is 52.7 Å². The number of thiazole rings is 1. The largest absolute Gasteiger partial charge is 0.573 e. The van der Waals surface area contributed by atoms with Crippen LogP contribution in [-0.2, 0) is 21.2 Å². The Hall–Kier alpha value is -2.96. The Bertz CT molecular complexity index is 1240. The van der Waals surface area contributed by atoms with Crippen LogP contribution >= 0.6 is 11.3 Å². The van der Waals surface area contributed by atoms with Crippen LogP contribution in [0.3, 0.4) is 0 Å². The number of hydrogen-bond donors (Lipinski definition) is 1. The number of carbonyl (C=O) groups is 1. The van der Waals surface area contributed by atoms with E-state index in [-0.39, 0.29) is 27.4 Å². The molecule has 0 radical (unpaired) electrons. The van der Waals surface area contributed by atoms with E-state index < -0.39 is 16.4 Å². The van der Waals surface area contributed by atoms with Crippen molar-refractivity contribution in [1.29, 1.82) is 0 Å². The standard InChI is InChI=1S/C21H20F3N3O4S2/c1-13-19(33(29,30)25-2)32-20(26-13)27(3)18(28)12-14-4-6-15(7-5-14)16-8-10-17(11-9-16)31-21(22,23)24/h4-11,25H,12H2,1-3H3. The highest BCUT2D eigenvalue weighted by Crippen LogP contribution is 2.30. The van der Waals surface area contributed by atoms with Crippen molar-refractivity contribution in [3.63, 3.8) is 0 Å². The van der Waals surface area contributed by atoms with Gasteiger partial charge in [-0.15, -0.1) is 13.2 Å². The fraction of sp³-hybridized carbons (Fsp3) is 0.238. The smallest absolute Gasteiger partial charge is 0.406 e. The highest BCUT2D eigenvalue weighted by molar-refractivity contribution is 7.91. The van der Waals surface area contributed by atoms with Gasteiger partial charge in [-0.05, 0) is 42.8 Å². The summed E-state index contributed by atoms with van der Waals surface area (Å²) < 4.78 is 67.1. The average molecular weight is 500 g/mol. The van der Waals surface area contributed by atoms with Gasteiger partial charge in [-0.2, -0.15) is 0 Å². The van der Waals surface area contributed by atoms with E-state index in [4.69, 9.17) is 0 Å². The number of hydrogen-bond acceptors (Lipinski definition) is 6. The molecule has 3 aromatic rings. The van der Waals surface area contributed by atoms with E-state index >= 15 is 0 Å². The van der Waals surface area contributed by atoms with Crippen LogP contribution in [0.4, 0.5) is 18.3 Å². The molecule has 0 fully saturated rings. The molecule has 7 nitrogen and oxygen atoms in total. The third kappa shape index (κ3) is 6.09. The number of halogens is 3. The molecule has 1 N–H and O–H groups in total. The first-order chi connectivity index (χ1) is 15.4. The first-order valence-corrected chi connectivity index (χ1v) is 11.8. The number of rotatable bonds is 7. The first-order valence-electron chi connectivity index (χ1n) is 9.52. The quantitative estimate of drug-likeness (QED) is 0.528. The second-order valence-electron chi connectivity index (χ2n) is 6.98. The Morgan fingerprint density at radius 2 is 1.64 bits per heavy atom. The second kappa shape index (κ2) is 9.49. The van der Waals surface area contributed by atoms with Crippen molar-refractivity contribution in [3.05, 3.63) is 59.8 Å². The second-order valence-corrected chi connectivity index (χ2v) is 10.0. The van der Waals surface area contributed by atoms with Gasteiger partial charge in [0.05, 0.1) is 12.1 Å². The average Bonchev–Trinajstić information content (AvgIpc) is 3.15. The number of sulfonamides is 1. The Kier molecular flexibility index (Phi) is 7.10. The summed E-state index contributed by atoms with van der Waals surface area (Å²) in [7, 11) is -0.838. The van der Waals surface area contributed by atoms with Crippen molar-refractivity contribution in [1.82, 2.24) is 9.71 Å². The Morgan fingerprint density at radius 3 is 2.15 bits per heavy atom. The Labute approximate surface area is 192 Å². The topological polar surface area (TPSA) is 88.6 Å². The lowest BCUT2D eigenvalue weighted by molar-refractivity contribution is -0.274. The molecule has 0 bridgehead atoms. The summed E-state index contributed by atoms with van der Waals surface area (Å²) in [5, 5.41) is 0.268. The maximum Gasteiger partial charge on any atom is 0.573 e. The van der Waals surface area contributed by atoms with E-state index in [1.165, 1.54) is 43.3 Å². The first kappa shape index (κ1) is 24.7. The molecule has 0 aliphatic carbocycles. The van der Waals surface area contributed by atoms with E-state index in [9.17, 15) is 26.4 Å². The summed E-state index contributed by atoms with van der Waals surface area (Å²) in [4.78, 5) is 18.2. The van der Waals surface area contributed by atoms with Crippen molar-refractivity contribution in [3.8, 4) is 16.9 Å². The maximum absolute atomic E-state index is 12.7. The van der Waals surface area contributed by atoms with Crippen molar-refractivity contribution in [2.75, 3.05) is 19.0 Å². The summed E-state index contributed by atoms with van der Waals surface area (Å²) in [6, 6.07) is 12.5. The summed E-state index contributed by atoms with van der Waals surface area (Å²) in [6.45, 7) is 1.56. The molecule has 176 valence electrons. The minimum atomic E-state index is -4.75. The highest BCUT2D eigenvalue weighted by Gasteiger charge is 2.31. The fourth-order valence-electron chi connectivity index (χ4n) is 2.92. The normalized spacial score (nSPS) is 11.9. The third-order valence-corrected chi connectivity index (χ3v) is 7.90. The SMILES string of the molecule is CNS(=O)(=O)c1sc(N(C)C(=O)Cc2ccc(-c3ccc(OC(F)(F)F)cc3)cc2)nc1C. The molecule has 0 saturated carbocycles. The van der Waals surface area contributed by atoms with Crippen molar-refractivity contribution >= 4 is 32.4 Å². The van der Waals surface area contributed by atoms with E-state index in [2.05, 4.69) is 14.4 Å². The number of aryl methyl sites for hydroxylation is 1. The minimum absolute atomic E-state index is 0.0515. The lowest BCUT2D eigenvalue weighted by Crippen LogP contribution is -2.27. The van der Waals surface area contributed by atoms with E-state index in [1.807, 2.05) is 0 Å². The number of aromatic nitrogens is 1. The molecule has 1 aromatic heterocycles. The molecule has 3 rings (SSSR count). The molecule has 0 saturated heterocycles. The number of ether oxygens (including phenoxy) is 1. The van der Waals surface area contributed by atoms with E-state index in [1.54, 1.807) is 31.2 Å². The van der Waals surface area contributed by atoms with Gasteiger partial charge in [0, 0.05) is 7.05 Å². The number of benzene rings is 2. The zero-order valence-corrected chi connectivity index (χ0v) is 19.4. The number of anilines is 1. The summed E-state index contributed by atoms with van der Waals surface area (Å²) in [5.74, 6) is -0.585. The molecule has 0 spiro atoms. The van der Waals surface area contributed by atoms with Crippen LogP contribution in [0.2, 0.25) is 0 Å². The molecular weight excluding hydrogens is 479 g/mol. The molecule has 0 atom stereocenters. The Balaban J connectivity index is 1.68. The summed E-state index contributed by atoms with van der Waals surface area (Å²) in [5.41, 5.74) is 2.47. The lowest BCUT2D eigenvalue weighted by Gasteiger charge is -2.14. The molecular formula is C21H20F3N3O4S2. The van der Waals surface area contributed by atoms with Gasteiger partial charge in [-0.1, -0.05) is 47.7 Å². The van der Waals surface area contributed by atoms with Gasteiger partial charge < -0.3 is 4.74 Å². The van der Waals surface area contributed by atoms with Crippen LogP contribution in [0.5, 0.6) is 5.75 Å². The molecule has 2 aromatic carbocycles. The van der Waals surface area contributed by atoms with Crippen LogP contribution in [0, 0.1) is 6.92 Å². The Morgan fingerprint density at radius 1 is 1.09 bits per heavy atom. The number of nitrogens with zero attached hydrogens (tertiary/aromatic N) is 2. The zero-order valence-electron chi connectivity index (χ0n) is 17.8. The van der Waals surface area contributed by atoms with E-state index in [0.717, 1.165) is 16.9 Å². The van der Waals surface area contributed by atoms with Gasteiger partial charge in [0.1, 0.15) is 5.75 Å². The van der Waals surface area contributed by atoms with Crippen LogP contribution in [0.1, 0.15) is 11.3 Å². The number of amides is 1. The van der Waals surface area contributed by atoms with Crippen molar-refractivity contribution in [2.24, 2.45) is 0 Å². The zero-order chi connectivity index (χ0) is 24.4. The van der Waals surface area contributed by atoms with Crippen LogP contribution in [-0.4, -0.2) is 39.8 Å². The lowest BCUT2D eigenvalue weighted by atomic mass is 10.0. The molecule has 12 heteroatoms. The monoisotopic (exact) mass is 499 g/mol. The third-order valence-electron chi connectivity index (χ3n) is 4.65. The number of likely N-dealkylation sites (N-methyl/N-ethyl adjacent to an activating group) is 1. The highest BCUT2D eigenvalue weighted by atomic mass is 32.2. The molecule has 0 aliphatic rings. The van der Waals surface area contributed by atoms with Gasteiger partial charge in [0.25, 0.3) is 10.0 Å². The molecule has 0 aliphatic heterocycles. The molecule has 1 amide bonds. The van der Waals surface area contributed by atoms with Crippen molar-refractivity contribution < 1.29 is 31.1 Å². The van der Waals surface area contributed by atoms with E-state index in [0.29, 0.717) is 16.8 Å². The van der Waals surface area contributed by atoms with Crippen LogP contribution < -0.4 is 14.4 Å². The number of nitrogens with one attached hydrogen (secondary N) is 1. The predicted molar refractivity (Wildman–Crippen MR) is 119 cm³/mol. The van der Waals surface area contributed by atoms with Gasteiger partial charge in [-0.3, -0.25) is 9.69 Å². The fourth-order valence-corrected chi connectivity index (χ4v) is 5.23. The van der Waals surface area contributed by atoms with Gasteiger partial charge in [0.15, 0.2) is 9.34 Å². The van der Waals surface area contributed by atoms with Gasteiger partial charge in [0.2, 0.25) is 5.91 Å². The number of alkyl halides is 3. The van der Waals surface area contributed by atoms with Gasteiger partial charge in [-0.25, -0.2) is 18.1 Å². The predicted octanol–water partition coefficient (Wildman–Crippen LogP) is 4.13. The molecule has 1 heterocycles. The summed E-state index contributed by atoms with van der Waals surface area (Å²) >= 11 is 0.905. The molecule has 33 heavy (non-hydrogen) atoms. The summed E-state index contributed by atoms with van der Waals surface area (Å²) in [6.07, 6.45) is -4.69. The minimum Gasteiger partial charge on any atom is -0.406 e. The van der Waals surface area contributed by atoms with Crippen molar-refractivity contribution in [2.45, 2.75) is 23.9 Å². The molecule has 0 unspecified atom stereocenters. The number of carbonyl (C=O) groups excluding carboxylic acids is 1. The van der Waals surface area contributed by atoms with Crippen LogP contribution in [0.25, 0.3) is 11.1 Å². The maximum atomic E-state index is 12.7.